The zero-order chi connectivity index (χ0) is 18.1. The Morgan fingerprint density at radius 2 is 1.15 bits per heavy atom. The molecule has 2 N–H and O–H groups in total. The first-order chi connectivity index (χ1) is 13.4. The van der Waals surface area contributed by atoms with Crippen molar-refractivity contribution in [1.82, 2.24) is 31.2 Å². The summed E-state index contributed by atoms with van der Waals surface area (Å²) in [7, 11) is 0. The summed E-state index contributed by atoms with van der Waals surface area (Å²) in [6.45, 7) is 0. The minimum absolute atomic E-state index is 0.485. The van der Waals surface area contributed by atoms with E-state index in [-0.39, 0.29) is 0 Å². The Kier molecular flexibility index (Phi) is 4.16. The fourth-order valence-electron chi connectivity index (χ4n) is 2.32. The molecule has 8 nitrogen and oxygen atoms in total. The van der Waals surface area contributed by atoms with Gasteiger partial charge in [0.25, 0.3) is 0 Å². The van der Waals surface area contributed by atoms with Crippen LogP contribution in [0.1, 0.15) is 9.75 Å². The lowest BCUT2D eigenvalue weighted by Crippen LogP contribution is -2.33. The summed E-state index contributed by atoms with van der Waals surface area (Å²) in [5.41, 5.74) is 5.97. The van der Waals surface area contributed by atoms with Crippen molar-refractivity contribution in [2.45, 2.75) is 0 Å². The smallest absolute Gasteiger partial charge is 0.213 e. The lowest BCUT2D eigenvalue weighted by Gasteiger charge is -2.12. The minimum Gasteiger partial charge on any atom is -0.257 e. The van der Waals surface area contributed by atoms with Crippen LogP contribution < -0.4 is 10.9 Å². The van der Waals surface area contributed by atoms with E-state index in [2.05, 4.69) is 41.4 Å². The van der Waals surface area contributed by atoms with E-state index in [4.69, 9.17) is 0 Å². The standard InChI is InChI=1S/C16H10N8S3/c1-3-9(25-7-1)13-17-21-15(22-18-13)11-5-6-12(27-11)16-23-19-14(20-24-16)10-4-2-8-26-10/h1-8H,(H,17,18)(H,21,22). The van der Waals surface area contributed by atoms with Crippen LogP contribution in [0.5, 0.6) is 0 Å². The molecule has 5 rings (SSSR count). The highest BCUT2D eigenvalue weighted by atomic mass is 32.1. The maximum atomic E-state index is 4.36. The van der Waals surface area contributed by atoms with Gasteiger partial charge in [-0.3, -0.25) is 10.9 Å². The third kappa shape index (κ3) is 3.23. The van der Waals surface area contributed by atoms with Crippen LogP contribution in [0.15, 0.2) is 57.4 Å². The van der Waals surface area contributed by atoms with Gasteiger partial charge in [-0.15, -0.1) is 54.4 Å². The van der Waals surface area contributed by atoms with Gasteiger partial charge in [0.1, 0.15) is 0 Å². The van der Waals surface area contributed by atoms with E-state index in [0.717, 1.165) is 19.5 Å². The molecule has 1 aliphatic rings. The average Bonchev–Trinajstić information content (AvgIpc) is 3.51. The second kappa shape index (κ2) is 6.95. The van der Waals surface area contributed by atoms with Gasteiger partial charge >= 0.3 is 0 Å². The van der Waals surface area contributed by atoms with Gasteiger partial charge in [0.05, 0.1) is 19.5 Å². The molecule has 0 saturated heterocycles. The summed E-state index contributed by atoms with van der Waals surface area (Å²) in [6, 6.07) is 11.7. The van der Waals surface area contributed by atoms with E-state index in [1.54, 1.807) is 22.7 Å². The molecule has 0 unspecified atom stereocenters. The van der Waals surface area contributed by atoms with Gasteiger partial charge in [0.2, 0.25) is 11.6 Å². The molecule has 0 aliphatic carbocycles. The monoisotopic (exact) mass is 410 g/mol. The Labute approximate surface area is 165 Å². The zero-order valence-corrected chi connectivity index (χ0v) is 16.0. The fraction of sp³-hybridized carbons (Fsp3) is 0. The Balaban J connectivity index is 1.33. The summed E-state index contributed by atoms with van der Waals surface area (Å²) < 4.78 is 0. The van der Waals surface area contributed by atoms with Crippen molar-refractivity contribution in [2.24, 2.45) is 10.2 Å². The Bertz CT molecular complexity index is 1110. The van der Waals surface area contributed by atoms with Gasteiger partial charge in [-0.2, -0.15) is 10.2 Å². The van der Waals surface area contributed by atoms with Crippen molar-refractivity contribution in [3.63, 3.8) is 0 Å². The molecular formula is C16H10N8S3. The van der Waals surface area contributed by atoms with Gasteiger partial charge in [-0.25, -0.2) is 0 Å². The molecule has 4 aromatic heterocycles. The Morgan fingerprint density at radius 1 is 0.593 bits per heavy atom. The second-order valence-corrected chi connectivity index (χ2v) is 8.29. The van der Waals surface area contributed by atoms with Crippen molar-refractivity contribution in [2.75, 3.05) is 0 Å². The Morgan fingerprint density at radius 3 is 1.74 bits per heavy atom. The molecule has 1 aliphatic heterocycles. The topological polar surface area (TPSA) is 100 Å². The number of aromatic nitrogens is 4. The van der Waals surface area contributed by atoms with Gasteiger partial charge in [0.15, 0.2) is 11.7 Å². The normalized spacial score (nSPS) is 13.5. The predicted molar refractivity (Wildman–Crippen MR) is 108 cm³/mol. The summed E-state index contributed by atoms with van der Waals surface area (Å²) in [4.78, 5) is 3.74. The number of rotatable bonds is 4. The van der Waals surface area contributed by atoms with Crippen LogP contribution >= 0.6 is 34.0 Å². The maximum Gasteiger partial charge on any atom is 0.213 e. The molecule has 0 amide bonds. The van der Waals surface area contributed by atoms with Gasteiger partial charge < -0.3 is 0 Å². The number of nitrogens with zero attached hydrogens (tertiary/aromatic N) is 6. The SMILES string of the molecule is c1csc(C2=NNC(c3ccc(-c4nnc(-c5cccs5)nn4)s3)=NN2)c1. The fourth-order valence-corrected chi connectivity index (χ4v) is 4.50. The van der Waals surface area contributed by atoms with Crippen molar-refractivity contribution in [3.8, 4) is 21.4 Å². The molecule has 0 spiro atoms. The summed E-state index contributed by atoms with van der Waals surface area (Å²) in [6.07, 6.45) is 0. The quantitative estimate of drug-likeness (QED) is 0.536. The molecule has 0 bridgehead atoms. The molecule has 0 saturated carbocycles. The third-order valence-corrected chi connectivity index (χ3v) is 6.41. The zero-order valence-electron chi connectivity index (χ0n) is 13.5. The Hall–Kier alpha value is -3.02. The number of hydrazone groups is 2. The van der Waals surface area contributed by atoms with E-state index < -0.39 is 0 Å². The van der Waals surface area contributed by atoms with Gasteiger partial charge in [-0.05, 0) is 35.0 Å². The molecular weight excluding hydrogens is 400 g/mol. The highest BCUT2D eigenvalue weighted by Gasteiger charge is 2.16. The van der Waals surface area contributed by atoms with Crippen LogP contribution in [0.2, 0.25) is 0 Å². The van der Waals surface area contributed by atoms with E-state index in [1.165, 1.54) is 11.3 Å². The molecule has 27 heavy (non-hydrogen) atoms. The number of hydrogen-bond acceptors (Lipinski definition) is 11. The van der Waals surface area contributed by atoms with Crippen molar-refractivity contribution >= 4 is 45.7 Å². The van der Waals surface area contributed by atoms with Gasteiger partial charge in [0, 0.05) is 0 Å². The molecule has 4 aromatic rings. The van der Waals surface area contributed by atoms with Crippen molar-refractivity contribution in [1.29, 1.82) is 0 Å². The third-order valence-electron chi connectivity index (χ3n) is 3.58. The maximum absolute atomic E-state index is 4.36. The molecule has 11 heteroatoms. The molecule has 132 valence electrons. The van der Waals surface area contributed by atoms with E-state index >= 15 is 0 Å². The second-order valence-electron chi connectivity index (χ2n) is 5.31. The van der Waals surface area contributed by atoms with Crippen molar-refractivity contribution < 1.29 is 0 Å². The first-order valence-electron chi connectivity index (χ1n) is 7.80. The molecule has 0 radical (unpaired) electrons. The molecule has 0 atom stereocenters. The van der Waals surface area contributed by atoms with Crippen LogP contribution in [0.3, 0.4) is 0 Å². The number of nitrogens with one attached hydrogen (secondary N) is 2. The first-order valence-corrected chi connectivity index (χ1v) is 10.4. The largest absolute Gasteiger partial charge is 0.257 e. The van der Waals surface area contributed by atoms with Crippen LogP contribution in [0, 0.1) is 0 Å². The molecule has 0 aromatic carbocycles. The summed E-state index contributed by atoms with van der Waals surface area (Å²) in [5.74, 6) is 2.36. The summed E-state index contributed by atoms with van der Waals surface area (Å²) in [5, 5.41) is 29.4. The van der Waals surface area contributed by atoms with Crippen molar-refractivity contribution in [3.05, 3.63) is 56.9 Å². The lowest BCUT2D eigenvalue weighted by molar-refractivity contribution is 0.881. The predicted octanol–water partition coefficient (Wildman–Crippen LogP) is 3.00. The van der Waals surface area contributed by atoms with E-state index in [0.29, 0.717) is 23.3 Å². The lowest BCUT2D eigenvalue weighted by atomic mass is 10.4. The number of hydrogen-bond donors (Lipinski definition) is 2. The van der Waals surface area contributed by atoms with E-state index in [9.17, 15) is 0 Å². The molecule has 0 fully saturated rings. The minimum atomic E-state index is 0.485. The van der Waals surface area contributed by atoms with Gasteiger partial charge in [-0.1, -0.05) is 12.1 Å². The number of thiophene rings is 3. The molecule has 5 heterocycles. The van der Waals surface area contributed by atoms with Crippen LogP contribution in [0.25, 0.3) is 21.4 Å². The summed E-state index contributed by atoms with van der Waals surface area (Å²) >= 11 is 4.65. The van der Waals surface area contributed by atoms with Crippen LogP contribution in [-0.2, 0) is 0 Å². The first kappa shape index (κ1) is 16.2. The highest BCUT2D eigenvalue weighted by molar-refractivity contribution is 7.17. The highest BCUT2D eigenvalue weighted by Crippen LogP contribution is 2.26. The average molecular weight is 411 g/mol. The number of amidine groups is 2. The van der Waals surface area contributed by atoms with Crippen LogP contribution in [0.4, 0.5) is 0 Å². The van der Waals surface area contributed by atoms with E-state index in [1.807, 2.05) is 47.2 Å². The van der Waals surface area contributed by atoms with Crippen LogP contribution in [-0.4, -0.2) is 32.1 Å².